The van der Waals surface area contributed by atoms with E-state index >= 15 is 0 Å². The Labute approximate surface area is 222 Å². The molecule has 4 heterocycles. The number of rotatable bonds is 5. The SMILES string of the molecule is CC[C@H]1CN(c2ncc(C3=NCC=N3)nc2C)[C@H](C)CN1C1CCN(C(=O)c2ccc(Cl)c(F)c2)CC1. The molecule has 0 spiro atoms. The maximum absolute atomic E-state index is 13.9. The average Bonchev–Trinajstić information content (AvgIpc) is 3.45. The third kappa shape index (κ3) is 5.25. The molecule has 0 saturated carbocycles. The topological polar surface area (TPSA) is 77.3 Å². The number of aromatic nitrogens is 2. The summed E-state index contributed by atoms with van der Waals surface area (Å²) >= 11 is 5.78. The van der Waals surface area contributed by atoms with E-state index in [4.69, 9.17) is 21.6 Å². The Morgan fingerprint density at radius 3 is 2.65 bits per heavy atom. The van der Waals surface area contributed by atoms with Gasteiger partial charge in [0.25, 0.3) is 5.91 Å². The summed E-state index contributed by atoms with van der Waals surface area (Å²) < 4.78 is 13.9. The van der Waals surface area contributed by atoms with E-state index in [1.54, 1.807) is 18.5 Å². The first-order valence-electron chi connectivity index (χ1n) is 13.0. The van der Waals surface area contributed by atoms with E-state index in [2.05, 4.69) is 33.6 Å². The minimum Gasteiger partial charge on any atom is -0.350 e. The third-order valence-corrected chi connectivity index (χ3v) is 8.01. The molecule has 0 bridgehead atoms. The Kier molecular flexibility index (Phi) is 7.53. The van der Waals surface area contributed by atoms with Gasteiger partial charge in [-0.2, -0.15) is 0 Å². The number of aryl methyl sites for hydroxylation is 1. The second kappa shape index (κ2) is 10.8. The molecule has 2 saturated heterocycles. The highest BCUT2D eigenvalue weighted by Gasteiger charge is 2.37. The number of piperidine rings is 1. The highest BCUT2D eigenvalue weighted by atomic mass is 35.5. The van der Waals surface area contributed by atoms with Gasteiger partial charge in [-0.05, 0) is 51.3 Å². The number of likely N-dealkylation sites (tertiary alicyclic amines) is 1. The van der Waals surface area contributed by atoms with Gasteiger partial charge >= 0.3 is 0 Å². The van der Waals surface area contributed by atoms with Crippen LogP contribution in [-0.4, -0.2) is 88.6 Å². The Balaban J connectivity index is 1.23. The van der Waals surface area contributed by atoms with Gasteiger partial charge in [-0.15, -0.1) is 0 Å². The van der Waals surface area contributed by atoms with Crippen LogP contribution in [0.1, 0.15) is 54.9 Å². The summed E-state index contributed by atoms with van der Waals surface area (Å²) in [5.41, 5.74) is 1.96. The molecule has 2 atom stereocenters. The molecule has 5 rings (SSSR count). The molecule has 196 valence electrons. The van der Waals surface area contributed by atoms with Crippen LogP contribution < -0.4 is 4.90 Å². The molecule has 1 aromatic heterocycles. The molecule has 3 aliphatic heterocycles. The monoisotopic (exact) mass is 525 g/mol. The highest BCUT2D eigenvalue weighted by molar-refractivity contribution is 6.30. The predicted molar refractivity (Wildman–Crippen MR) is 145 cm³/mol. The van der Waals surface area contributed by atoms with Gasteiger partial charge < -0.3 is 9.80 Å². The molecular formula is C27H33ClFN7O. The first-order chi connectivity index (χ1) is 17.9. The van der Waals surface area contributed by atoms with Crippen molar-refractivity contribution in [2.24, 2.45) is 9.98 Å². The van der Waals surface area contributed by atoms with Crippen molar-refractivity contribution in [1.82, 2.24) is 19.8 Å². The summed E-state index contributed by atoms with van der Waals surface area (Å²) in [5.74, 6) is 0.881. The van der Waals surface area contributed by atoms with Crippen molar-refractivity contribution in [3.8, 4) is 0 Å². The molecule has 0 N–H and O–H groups in total. The van der Waals surface area contributed by atoms with Gasteiger partial charge in [-0.1, -0.05) is 18.5 Å². The number of amides is 1. The van der Waals surface area contributed by atoms with Gasteiger partial charge in [0.05, 0.1) is 23.5 Å². The van der Waals surface area contributed by atoms with E-state index in [0.717, 1.165) is 49.6 Å². The summed E-state index contributed by atoms with van der Waals surface area (Å²) in [7, 11) is 0. The lowest BCUT2D eigenvalue weighted by Crippen LogP contribution is -2.62. The van der Waals surface area contributed by atoms with Crippen LogP contribution in [0.4, 0.5) is 10.2 Å². The molecule has 10 heteroatoms. The summed E-state index contributed by atoms with van der Waals surface area (Å²) in [5, 5.41) is 0.0311. The van der Waals surface area contributed by atoms with Crippen LogP contribution in [0.2, 0.25) is 5.02 Å². The Bertz CT molecular complexity index is 1230. The molecule has 1 aromatic carbocycles. The van der Waals surface area contributed by atoms with Crippen LogP contribution in [0.25, 0.3) is 0 Å². The van der Waals surface area contributed by atoms with E-state index in [0.29, 0.717) is 43.1 Å². The molecule has 3 aliphatic rings. The van der Waals surface area contributed by atoms with Crippen LogP contribution in [0.15, 0.2) is 34.4 Å². The normalized spacial score (nSPS) is 23.0. The lowest BCUT2D eigenvalue weighted by molar-refractivity contribution is 0.0434. The van der Waals surface area contributed by atoms with Crippen molar-refractivity contribution in [2.75, 3.05) is 37.6 Å². The number of carbonyl (C=O) groups excluding carboxylic acids is 1. The quantitative estimate of drug-likeness (QED) is 0.589. The number of halogens is 2. The molecule has 2 fully saturated rings. The summed E-state index contributed by atoms with van der Waals surface area (Å²) in [6, 6.07) is 5.35. The fraction of sp³-hybridized carbons (Fsp3) is 0.519. The Morgan fingerprint density at radius 2 is 2.00 bits per heavy atom. The molecule has 0 aliphatic carbocycles. The predicted octanol–water partition coefficient (Wildman–Crippen LogP) is 4.00. The van der Waals surface area contributed by atoms with Gasteiger partial charge in [0.2, 0.25) is 0 Å². The summed E-state index contributed by atoms with van der Waals surface area (Å²) in [6.07, 6.45) is 6.40. The zero-order valence-electron chi connectivity index (χ0n) is 21.6. The maximum atomic E-state index is 13.9. The van der Waals surface area contributed by atoms with Crippen LogP contribution in [-0.2, 0) is 0 Å². The number of hydrogen-bond donors (Lipinski definition) is 0. The van der Waals surface area contributed by atoms with Crippen LogP contribution >= 0.6 is 11.6 Å². The van der Waals surface area contributed by atoms with E-state index in [1.165, 1.54) is 12.1 Å². The van der Waals surface area contributed by atoms with Crippen LogP contribution in [0.5, 0.6) is 0 Å². The molecular weight excluding hydrogens is 493 g/mol. The van der Waals surface area contributed by atoms with Crippen molar-refractivity contribution in [3.63, 3.8) is 0 Å². The number of piperazine rings is 1. The number of carbonyl (C=O) groups is 1. The van der Waals surface area contributed by atoms with E-state index in [9.17, 15) is 9.18 Å². The number of aliphatic imine (C=N–C) groups is 2. The smallest absolute Gasteiger partial charge is 0.253 e. The minimum atomic E-state index is -0.560. The van der Waals surface area contributed by atoms with Crippen molar-refractivity contribution >= 4 is 35.4 Å². The zero-order valence-corrected chi connectivity index (χ0v) is 22.3. The standard InChI is InChI=1S/C27H33ClFN7O/c1-4-20-16-35(26-18(3)33-24(14-32-26)25-30-9-10-31-25)17(2)15-36(20)21-7-11-34(12-8-21)27(37)19-5-6-22(28)23(29)13-19/h5-6,9,13-14,17,20-21H,4,7-8,10-12,15-16H2,1-3H3/t17-,20+/m1/s1. The molecule has 0 radical (unpaired) electrons. The number of benzene rings is 1. The second-order valence-electron chi connectivity index (χ2n) is 10.1. The summed E-state index contributed by atoms with van der Waals surface area (Å²) in [6.45, 7) is 10.2. The largest absolute Gasteiger partial charge is 0.350 e. The van der Waals surface area contributed by atoms with E-state index in [-0.39, 0.29) is 17.0 Å². The number of amidine groups is 1. The minimum absolute atomic E-state index is 0.0311. The fourth-order valence-electron chi connectivity index (χ4n) is 5.69. The fourth-order valence-corrected chi connectivity index (χ4v) is 5.81. The van der Waals surface area contributed by atoms with Crippen LogP contribution in [0.3, 0.4) is 0 Å². The molecule has 0 unspecified atom stereocenters. The van der Waals surface area contributed by atoms with Gasteiger partial charge in [-0.25, -0.2) is 19.4 Å². The number of hydrogen-bond acceptors (Lipinski definition) is 7. The lowest BCUT2D eigenvalue weighted by Gasteiger charge is -2.50. The molecule has 2 aromatic rings. The molecule has 8 nitrogen and oxygen atoms in total. The van der Waals surface area contributed by atoms with Crippen LogP contribution in [0, 0.1) is 12.7 Å². The van der Waals surface area contributed by atoms with E-state index < -0.39 is 5.82 Å². The molecule has 37 heavy (non-hydrogen) atoms. The van der Waals surface area contributed by atoms with Gasteiger partial charge in [0.1, 0.15) is 17.3 Å². The first-order valence-corrected chi connectivity index (χ1v) is 13.4. The third-order valence-electron chi connectivity index (χ3n) is 7.70. The van der Waals surface area contributed by atoms with Gasteiger partial charge in [0.15, 0.2) is 5.84 Å². The number of anilines is 1. The Morgan fingerprint density at radius 1 is 1.22 bits per heavy atom. The van der Waals surface area contributed by atoms with Crippen molar-refractivity contribution in [1.29, 1.82) is 0 Å². The molecule has 1 amide bonds. The van der Waals surface area contributed by atoms with Crippen molar-refractivity contribution in [2.45, 2.75) is 58.2 Å². The Hall–Kier alpha value is -2.91. The first kappa shape index (κ1) is 25.7. The van der Waals surface area contributed by atoms with E-state index in [1.807, 2.05) is 11.8 Å². The lowest BCUT2D eigenvalue weighted by atomic mass is 9.96. The summed E-state index contributed by atoms with van der Waals surface area (Å²) in [4.78, 5) is 37.9. The van der Waals surface area contributed by atoms with Crippen molar-refractivity contribution in [3.05, 3.63) is 52.2 Å². The zero-order chi connectivity index (χ0) is 26.1. The number of nitrogens with zero attached hydrogens (tertiary/aromatic N) is 7. The van der Waals surface area contributed by atoms with Gasteiger partial charge in [0, 0.05) is 56.1 Å². The van der Waals surface area contributed by atoms with Gasteiger partial charge in [-0.3, -0.25) is 14.7 Å². The van der Waals surface area contributed by atoms with Crippen molar-refractivity contribution < 1.29 is 9.18 Å². The second-order valence-corrected chi connectivity index (χ2v) is 10.5. The highest BCUT2D eigenvalue weighted by Crippen LogP contribution is 2.30. The maximum Gasteiger partial charge on any atom is 0.253 e. The average molecular weight is 526 g/mol.